The van der Waals surface area contributed by atoms with Gasteiger partial charge in [0.15, 0.2) is 5.96 Å². The average Bonchev–Trinajstić information content (AvgIpc) is 2.92. The molecule has 1 saturated heterocycles. The van der Waals surface area contributed by atoms with Crippen LogP contribution in [0.25, 0.3) is 0 Å². The Kier molecular flexibility index (Phi) is 6.22. The van der Waals surface area contributed by atoms with E-state index in [1.165, 1.54) is 37.8 Å². The van der Waals surface area contributed by atoms with Crippen molar-refractivity contribution in [3.05, 3.63) is 35.4 Å². The van der Waals surface area contributed by atoms with E-state index in [2.05, 4.69) is 15.2 Å². The summed E-state index contributed by atoms with van der Waals surface area (Å²) in [5, 5.41) is 3.28. The second-order valence-electron chi connectivity index (χ2n) is 6.48. The summed E-state index contributed by atoms with van der Waals surface area (Å²) in [6.45, 7) is 2.66. The van der Waals surface area contributed by atoms with Gasteiger partial charge in [0.2, 0.25) is 0 Å². The van der Waals surface area contributed by atoms with Crippen LogP contribution in [0, 0.1) is 17.0 Å². The zero-order valence-electron chi connectivity index (χ0n) is 13.4. The Balaban J connectivity index is 0.00000192. The van der Waals surface area contributed by atoms with Crippen molar-refractivity contribution in [1.82, 2.24) is 10.2 Å². The molecule has 1 saturated carbocycles. The van der Waals surface area contributed by atoms with Crippen LogP contribution in [0.3, 0.4) is 0 Å². The van der Waals surface area contributed by atoms with Gasteiger partial charge in [0.05, 0.1) is 0 Å². The zero-order chi connectivity index (χ0) is 15.6. The first-order valence-electron chi connectivity index (χ1n) is 8.01. The van der Waals surface area contributed by atoms with Gasteiger partial charge in [-0.3, -0.25) is 4.99 Å². The summed E-state index contributed by atoms with van der Waals surface area (Å²) in [6, 6.07) is 3.59. The Hall–Kier alpha value is -0.920. The van der Waals surface area contributed by atoms with Gasteiger partial charge in [0.25, 0.3) is 0 Å². The van der Waals surface area contributed by atoms with Crippen LogP contribution in [-0.2, 0) is 6.42 Å². The van der Waals surface area contributed by atoms with Gasteiger partial charge in [-0.1, -0.05) is 6.42 Å². The van der Waals surface area contributed by atoms with Gasteiger partial charge in [-0.2, -0.15) is 0 Å². The lowest BCUT2D eigenvalue weighted by Crippen LogP contribution is -2.43. The number of hydrogen-bond donors (Lipinski definition) is 1. The van der Waals surface area contributed by atoms with Crippen molar-refractivity contribution >= 4 is 29.9 Å². The minimum atomic E-state index is -0.396. The number of nitrogens with one attached hydrogen (secondary N) is 1. The summed E-state index contributed by atoms with van der Waals surface area (Å²) >= 11 is 0. The Bertz CT molecular complexity index is 573. The van der Waals surface area contributed by atoms with Crippen molar-refractivity contribution in [2.45, 2.75) is 32.1 Å². The van der Waals surface area contributed by atoms with E-state index in [-0.39, 0.29) is 29.8 Å². The van der Waals surface area contributed by atoms with Crippen LogP contribution in [0.1, 0.15) is 31.2 Å². The summed E-state index contributed by atoms with van der Waals surface area (Å²) in [5.41, 5.74) is 0.923. The molecule has 0 amide bonds. The molecule has 3 rings (SSSR count). The number of likely N-dealkylation sites (tertiary alicyclic amines) is 1. The van der Waals surface area contributed by atoms with Crippen LogP contribution >= 0.6 is 24.0 Å². The number of guanidine groups is 1. The fourth-order valence-electron chi connectivity index (χ4n) is 3.58. The monoisotopic (exact) mass is 435 g/mol. The van der Waals surface area contributed by atoms with Crippen LogP contribution in [0.4, 0.5) is 8.78 Å². The normalized spacial score (nSPS) is 19.4. The van der Waals surface area contributed by atoms with Crippen LogP contribution < -0.4 is 5.32 Å². The van der Waals surface area contributed by atoms with Crippen LogP contribution in [-0.4, -0.2) is 37.5 Å². The third-order valence-electron chi connectivity index (χ3n) is 5.05. The van der Waals surface area contributed by atoms with E-state index in [9.17, 15) is 8.78 Å². The molecule has 1 N–H and O–H groups in total. The molecular weight excluding hydrogens is 411 g/mol. The second kappa shape index (κ2) is 7.77. The van der Waals surface area contributed by atoms with Gasteiger partial charge >= 0.3 is 0 Å². The van der Waals surface area contributed by atoms with Crippen LogP contribution in [0.5, 0.6) is 0 Å². The van der Waals surface area contributed by atoms with Gasteiger partial charge in [0.1, 0.15) is 11.6 Å². The first kappa shape index (κ1) is 18.4. The predicted molar refractivity (Wildman–Crippen MR) is 99.3 cm³/mol. The van der Waals surface area contributed by atoms with E-state index in [1.54, 1.807) is 7.05 Å². The highest BCUT2D eigenvalue weighted by Crippen LogP contribution is 2.47. The van der Waals surface area contributed by atoms with E-state index >= 15 is 0 Å². The maximum Gasteiger partial charge on any atom is 0.193 e. The van der Waals surface area contributed by atoms with Crippen molar-refractivity contribution in [3.63, 3.8) is 0 Å². The Morgan fingerprint density at radius 2 is 2.09 bits per heavy atom. The molecule has 0 atom stereocenters. The summed E-state index contributed by atoms with van der Waals surface area (Å²) in [4.78, 5) is 6.62. The van der Waals surface area contributed by atoms with Crippen LogP contribution in [0.15, 0.2) is 23.2 Å². The number of hydrogen-bond acceptors (Lipinski definition) is 1. The molecule has 2 aliphatic rings. The highest BCUT2D eigenvalue weighted by molar-refractivity contribution is 14.0. The summed E-state index contributed by atoms with van der Waals surface area (Å²) in [7, 11) is 1.77. The quantitative estimate of drug-likeness (QED) is 0.447. The fraction of sp³-hybridized carbons (Fsp3) is 0.588. The van der Waals surface area contributed by atoms with Gasteiger partial charge in [-0.25, -0.2) is 8.78 Å². The van der Waals surface area contributed by atoms with Gasteiger partial charge in [-0.15, -0.1) is 24.0 Å². The highest BCUT2D eigenvalue weighted by atomic mass is 127. The molecule has 1 aliphatic heterocycles. The lowest BCUT2D eigenvalue weighted by atomic mass is 9.68. The summed E-state index contributed by atoms with van der Waals surface area (Å²) < 4.78 is 26.8. The highest BCUT2D eigenvalue weighted by Gasteiger charge is 2.43. The predicted octanol–water partition coefficient (Wildman–Crippen LogP) is 3.58. The topological polar surface area (TPSA) is 27.6 Å². The lowest BCUT2D eigenvalue weighted by molar-refractivity contribution is 0.151. The molecule has 1 aromatic rings. The number of nitrogens with zero attached hydrogens (tertiary/aromatic N) is 2. The first-order chi connectivity index (χ1) is 10.6. The molecule has 128 valence electrons. The molecule has 2 fully saturated rings. The molecule has 1 aromatic carbocycles. The number of rotatable bonds is 3. The second-order valence-corrected chi connectivity index (χ2v) is 6.48. The zero-order valence-corrected chi connectivity index (χ0v) is 15.8. The molecule has 0 radical (unpaired) electrons. The maximum absolute atomic E-state index is 13.6. The van der Waals surface area contributed by atoms with Gasteiger partial charge in [-0.05, 0) is 54.9 Å². The van der Waals surface area contributed by atoms with Gasteiger partial charge in [0, 0.05) is 26.7 Å². The standard InChI is InChI=1S/C17H23F2N3.HI/c1-20-16(22-10-8-17(12-22)6-2-7-17)21-9-5-13-11-14(18)3-4-15(13)19;/h3-4,11H,2,5-10,12H2,1H3,(H,20,21);1H. The van der Waals surface area contributed by atoms with Crippen molar-refractivity contribution in [1.29, 1.82) is 0 Å². The average molecular weight is 435 g/mol. The molecule has 1 spiro atoms. The van der Waals surface area contributed by atoms with E-state index in [0.717, 1.165) is 25.1 Å². The van der Waals surface area contributed by atoms with Crippen molar-refractivity contribution in [3.8, 4) is 0 Å². The molecule has 0 bridgehead atoms. The van der Waals surface area contributed by atoms with E-state index in [4.69, 9.17) is 0 Å². The molecular formula is C17H24F2IN3. The molecule has 23 heavy (non-hydrogen) atoms. The van der Waals surface area contributed by atoms with Gasteiger partial charge < -0.3 is 10.2 Å². The van der Waals surface area contributed by atoms with Crippen LogP contribution in [0.2, 0.25) is 0 Å². The third-order valence-corrected chi connectivity index (χ3v) is 5.05. The smallest absolute Gasteiger partial charge is 0.193 e. The Labute approximate surface area is 153 Å². The van der Waals surface area contributed by atoms with Crippen molar-refractivity contribution < 1.29 is 8.78 Å². The van der Waals surface area contributed by atoms with Crippen molar-refractivity contribution in [2.24, 2.45) is 10.4 Å². The molecule has 3 nitrogen and oxygen atoms in total. The molecule has 1 heterocycles. The summed E-state index contributed by atoms with van der Waals surface area (Å²) in [5.74, 6) is 0.126. The number of halogens is 3. The summed E-state index contributed by atoms with van der Waals surface area (Å²) in [6.07, 6.45) is 5.69. The Morgan fingerprint density at radius 1 is 1.30 bits per heavy atom. The van der Waals surface area contributed by atoms with E-state index < -0.39 is 5.82 Å². The minimum absolute atomic E-state index is 0. The molecule has 1 aliphatic carbocycles. The molecule has 0 unspecified atom stereocenters. The van der Waals surface area contributed by atoms with E-state index in [0.29, 0.717) is 23.9 Å². The number of benzene rings is 1. The van der Waals surface area contributed by atoms with Crippen molar-refractivity contribution in [2.75, 3.05) is 26.7 Å². The Morgan fingerprint density at radius 3 is 2.70 bits per heavy atom. The largest absolute Gasteiger partial charge is 0.356 e. The molecule has 0 aromatic heterocycles. The first-order valence-corrected chi connectivity index (χ1v) is 8.01. The molecule has 6 heteroatoms. The van der Waals surface area contributed by atoms with E-state index in [1.807, 2.05) is 0 Å². The number of aliphatic imine (C=N–C) groups is 1. The maximum atomic E-state index is 13.6. The SMILES string of the molecule is CN=C(NCCc1cc(F)ccc1F)N1CCC2(CCC2)C1.I. The third kappa shape index (κ3) is 4.14. The lowest BCUT2D eigenvalue weighted by Gasteiger charge is -2.38. The minimum Gasteiger partial charge on any atom is -0.356 e. The fourth-order valence-corrected chi connectivity index (χ4v) is 3.58.